The molecule has 2 unspecified atom stereocenters. The predicted molar refractivity (Wildman–Crippen MR) is 123 cm³/mol. The molecule has 0 bridgehead atoms. The Bertz CT molecular complexity index is 1130. The van der Waals surface area contributed by atoms with E-state index in [4.69, 9.17) is 18.5 Å². The molecule has 0 amide bonds. The number of esters is 1. The fourth-order valence-corrected chi connectivity index (χ4v) is 5.03. The highest BCUT2D eigenvalue weighted by Gasteiger charge is 2.38. The minimum atomic E-state index is -4.02. The quantitative estimate of drug-likeness (QED) is 0.376. The van der Waals surface area contributed by atoms with Gasteiger partial charge in [-0.25, -0.2) is 9.36 Å². The van der Waals surface area contributed by atoms with Crippen molar-refractivity contribution in [3.05, 3.63) is 63.4 Å². The molecule has 1 aliphatic heterocycles. The molecule has 1 aliphatic rings. The van der Waals surface area contributed by atoms with Crippen molar-refractivity contribution in [1.29, 1.82) is 0 Å². The van der Waals surface area contributed by atoms with Gasteiger partial charge in [-0.05, 0) is 39.3 Å². The normalized spacial score (nSPS) is 22.8. The first-order valence-electron chi connectivity index (χ1n) is 11.0. The first-order chi connectivity index (χ1) is 16.1. The van der Waals surface area contributed by atoms with Gasteiger partial charge in [0.15, 0.2) is 0 Å². The third-order valence-corrected chi connectivity index (χ3v) is 6.68. The van der Waals surface area contributed by atoms with Crippen molar-refractivity contribution < 1.29 is 27.9 Å². The molecule has 0 saturated carbocycles. The largest absolute Gasteiger partial charge is 0.462 e. The Hall–Kier alpha value is -2.72. The van der Waals surface area contributed by atoms with Crippen LogP contribution in [-0.2, 0) is 23.4 Å². The second kappa shape index (κ2) is 11.1. The molecular weight excluding hydrogens is 465 g/mol. The Morgan fingerprint density at radius 3 is 2.59 bits per heavy atom. The molecule has 2 heterocycles. The number of hydrogen-bond donors (Lipinski definition) is 2. The van der Waals surface area contributed by atoms with Crippen LogP contribution >= 0.6 is 7.75 Å². The van der Waals surface area contributed by atoms with E-state index in [0.717, 1.165) is 0 Å². The van der Waals surface area contributed by atoms with Gasteiger partial charge in [-0.2, -0.15) is 5.09 Å². The fourth-order valence-electron chi connectivity index (χ4n) is 3.51. The first-order valence-corrected chi connectivity index (χ1v) is 12.5. The average molecular weight is 495 g/mol. The second-order valence-electron chi connectivity index (χ2n) is 8.41. The van der Waals surface area contributed by atoms with Gasteiger partial charge >= 0.3 is 19.4 Å². The van der Waals surface area contributed by atoms with Gasteiger partial charge in [0.1, 0.15) is 18.0 Å². The Morgan fingerprint density at radius 1 is 1.24 bits per heavy atom. The number of carbonyl (C=O) groups is 1. The van der Waals surface area contributed by atoms with Gasteiger partial charge in [-0.15, -0.1) is 0 Å². The van der Waals surface area contributed by atoms with Crippen LogP contribution < -0.4 is 20.9 Å². The highest BCUT2D eigenvalue weighted by Crippen LogP contribution is 2.46. The van der Waals surface area contributed by atoms with Crippen molar-refractivity contribution in [3.8, 4) is 5.75 Å². The van der Waals surface area contributed by atoms with Crippen molar-refractivity contribution in [2.24, 2.45) is 5.92 Å². The molecule has 34 heavy (non-hydrogen) atoms. The van der Waals surface area contributed by atoms with E-state index in [9.17, 15) is 18.9 Å². The van der Waals surface area contributed by atoms with Crippen molar-refractivity contribution in [2.45, 2.75) is 58.6 Å². The lowest BCUT2D eigenvalue weighted by Gasteiger charge is -2.24. The van der Waals surface area contributed by atoms with E-state index < -0.39 is 43.3 Å². The molecule has 11 nitrogen and oxygen atoms in total. The van der Waals surface area contributed by atoms with Crippen LogP contribution in [0, 0.1) is 5.92 Å². The van der Waals surface area contributed by atoms with Gasteiger partial charge in [0.05, 0.1) is 18.8 Å². The summed E-state index contributed by atoms with van der Waals surface area (Å²) in [5, 5.41) is 2.63. The van der Waals surface area contributed by atoms with Gasteiger partial charge < -0.3 is 14.0 Å². The van der Waals surface area contributed by atoms with E-state index in [2.05, 4.69) is 10.1 Å². The maximum atomic E-state index is 13.6. The number of benzene rings is 1. The topological polar surface area (TPSA) is 138 Å². The summed E-state index contributed by atoms with van der Waals surface area (Å²) in [5.74, 6) is -0.389. The standard InChI is InChI=1S/C22H30N3O8P/c1-14(2)31-21(27)16(4)24-34(29,33-17-8-6-5-7-9-17)30-13-18-12-15(3)20(32-18)25-11-10-19(26)23-22(25)28/h5-11,14-16,18,20H,12-13H2,1-4H3,(H,24,29)(H,23,26,28)/t15-,16?,18-,20+,34?/m0/s1. The summed E-state index contributed by atoms with van der Waals surface area (Å²) < 4.78 is 37.3. The summed E-state index contributed by atoms with van der Waals surface area (Å²) in [5.41, 5.74) is -1.08. The number of aromatic amines is 1. The maximum Gasteiger partial charge on any atom is 0.459 e. The van der Waals surface area contributed by atoms with E-state index in [-0.39, 0.29) is 18.6 Å². The number of H-pyrrole nitrogens is 1. The van der Waals surface area contributed by atoms with Crippen molar-refractivity contribution in [3.63, 3.8) is 0 Å². The second-order valence-corrected chi connectivity index (χ2v) is 10.1. The smallest absolute Gasteiger partial charge is 0.459 e. The SMILES string of the molecule is CC(C)OC(=O)C(C)NP(=O)(OC[C@@H]1C[C@H](C)[C@H](n2ccc(=O)[nH]c2=O)O1)Oc1ccccc1. The molecule has 1 fully saturated rings. The Labute approximate surface area is 197 Å². The summed E-state index contributed by atoms with van der Waals surface area (Å²) in [6.45, 7) is 6.70. The third kappa shape index (κ3) is 6.89. The van der Waals surface area contributed by atoms with Crippen LogP contribution in [0.2, 0.25) is 0 Å². The van der Waals surface area contributed by atoms with Gasteiger partial charge in [0.25, 0.3) is 5.56 Å². The number of para-hydroxylation sites is 1. The fraction of sp³-hybridized carbons (Fsp3) is 0.500. The number of hydrogen-bond acceptors (Lipinski definition) is 8. The molecule has 3 rings (SSSR count). The van der Waals surface area contributed by atoms with E-state index >= 15 is 0 Å². The Kier molecular flexibility index (Phi) is 8.48. The molecule has 0 radical (unpaired) electrons. The van der Waals surface area contributed by atoms with Crippen molar-refractivity contribution >= 4 is 13.7 Å². The molecule has 1 saturated heterocycles. The van der Waals surface area contributed by atoms with Gasteiger partial charge in [-0.3, -0.25) is 23.7 Å². The molecule has 0 spiro atoms. The van der Waals surface area contributed by atoms with Gasteiger partial charge in [0, 0.05) is 18.2 Å². The van der Waals surface area contributed by atoms with E-state index in [1.165, 1.54) is 23.8 Å². The Morgan fingerprint density at radius 2 is 1.94 bits per heavy atom. The predicted octanol–water partition coefficient (Wildman–Crippen LogP) is 2.59. The molecule has 2 N–H and O–H groups in total. The zero-order chi connectivity index (χ0) is 24.9. The molecule has 5 atom stereocenters. The van der Waals surface area contributed by atoms with Crippen LogP contribution in [0.25, 0.3) is 0 Å². The van der Waals surface area contributed by atoms with Crippen LogP contribution in [0.3, 0.4) is 0 Å². The van der Waals surface area contributed by atoms with Crippen LogP contribution in [0.15, 0.2) is 52.2 Å². The summed E-state index contributed by atoms with van der Waals surface area (Å²) in [6.07, 6.45) is 0.408. The zero-order valence-corrected chi connectivity index (χ0v) is 20.4. The molecule has 12 heteroatoms. The van der Waals surface area contributed by atoms with E-state index in [1.54, 1.807) is 44.2 Å². The van der Waals surface area contributed by atoms with Crippen molar-refractivity contribution in [1.82, 2.24) is 14.6 Å². The third-order valence-electron chi connectivity index (χ3n) is 5.04. The summed E-state index contributed by atoms with van der Waals surface area (Å²) in [7, 11) is -4.02. The summed E-state index contributed by atoms with van der Waals surface area (Å²) in [4.78, 5) is 37.9. The van der Waals surface area contributed by atoms with Gasteiger partial charge in [-0.1, -0.05) is 25.1 Å². The van der Waals surface area contributed by atoms with E-state index in [1.807, 2.05) is 6.92 Å². The maximum absolute atomic E-state index is 13.6. The lowest BCUT2D eigenvalue weighted by atomic mass is 10.1. The highest BCUT2D eigenvalue weighted by atomic mass is 31.2. The molecule has 1 aromatic carbocycles. The number of nitrogens with one attached hydrogen (secondary N) is 2. The molecule has 186 valence electrons. The summed E-state index contributed by atoms with van der Waals surface area (Å²) in [6, 6.07) is 8.71. The zero-order valence-electron chi connectivity index (χ0n) is 19.5. The van der Waals surface area contributed by atoms with Crippen LogP contribution in [0.5, 0.6) is 5.75 Å². The molecule has 2 aromatic rings. The molecule has 1 aromatic heterocycles. The lowest BCUT2D eigenvalue weighted by Crippen LogP contribution is -2.36. The average Bonchev–Trinajstić information content (AvgIpc) is 3.13. The van der Waals surface area contributed by atoms with E-state index in [0.29, 0.717) is 12.2 Å². The van der Waals surface area contributed by atoms with Crippen LogP contribution in [0.1, 0.15) is 40.3 Å². The number of ether oxygens (including phenoxy) is 2. The number of carbonyl (C=O) groups excluding carboxylic acids is 1. The van der Waals surface area contributed by atoms with Gasteiger partial charge in [0.2, 0.25) is 0 Å². The first kappa shape index (κ1) is 25.9. The minimum absolute atomic E-state index is 0.0838. The van der Waals surface area contributed by atoms with Crippen molar-refractivity contribution in [2.75, 3.05) is 6.61 Å². The molecular formula is C22H30N3O8P. The molecule has 0 aliphatic carbocycles. The summed E-state index contributed by atoms with van der Waals surface area (Å²) >= 11 is 0. The Balaban J connectivity index is 1.71. The van der Waals surface area contributed by atoms with Crippen LogP contribution in [0.4, 0.5) is 0 Å². The minimum Gasteiger partial charge on any atom is -0.462 e. The monoisotopic (exact) mass is 495 g/mol. The number of nitrogens with zero attached hydrogens (tertiary/aromatic N) is 1. The van der Waals surface area contributed by atoms with Crippen LogP contribution in [-0.4, -0.2) is 40.4 Å². The lowest BCUT2D eigenvalue weighted by molar-refractivity contribution is -0.149. The number of rotatable bonds is 10. The highest BCUT2D eigenvalue weighted by molar-refractivity contribution is 7.52. The number of aromatic nitrogens is 2.